The topological polar surface area (TPSA) is 53.6 Å². The quantitative estimate of drug-likeness (QED) is 0.793. The van der Waals surface area contributed by atoms with Gasteiger partial charge in [0.25, 0.3) is 0 Å². The van der Waals surface area contributed by atoms with Crippen molar-refractivity contribution in [3.05, 3.63) is 59.8 Å². The predicted octanol–water partition coefficient (Wildman–Crippen LogP) is 3.54. The molecule has 4 nitrogen and oxygen atoms in total. The van der Waals surface area contributed by atoms with Crippen LogP contribution in [0.5, 0.6) is 0 Å². The molecule has 0 aliphatic heterocycles. The Bertz CT molecular complexity index is 811. The highest BCUT2D eigenvalue weighted by molar-refractivity contribution is 5.82. The summed E-state index contributed by atoms with van der Waals surface area (Å²) >= 11 is 0. The molecule has 1 heterocycles. The second-order valence-corrected chi connectivity index (χ2v) is 4.83. The first kappa shape index (κ1) is 13.2. The summed E-state index contributed by atoms with van der Waals surface area (Å²) in [6.07, 6.45) is 0. The lowest BCUT2D eigenvalue weighted by molar-refractivity contribution is 0.671. The molecule has 3 aromatic rings. The van der Waals surface area contributed by atoms with Crippen LogP contribution in [0.15, 0.2) is 48.5 Å². The van der Waals surface area contributed by atoms with Crippen LogP contribution in [-0.4, -0.2) is 9.78 Å². The minimum Gasteiger partial charge on any atom is -0.379 e. The van der Waals surface area contributed by atoms with E-state index in [-0.39, 0.29) is 0 Å². The molecule has 2 aromatic carbocycles. The number of aryl methyl sites for hydroxylation is 1. The van der Waals surface area contributed by atoms with Crippen molar-refractivity contribution in [3.8, 4) is 6.07 Å². The minimum atomic E-state index is 0.641. The average Bonchev–Trinajstić information content (AvgIpc) is 2.91. The lowest BCUT2D eigenvalue weighted by Gasteiger charge is -2.04. The monoisotopic (exact) mass is 276 g/mol. The molecule has 0 aliphatic rings. The number of aromatic nitrogens is 2. The molecule has 0 fully saturated rings. The smallest absolute Gasteiger partial charge is 0.0992 e. The third-order valence-corrected chi connectivity index (χ3v) is 3.49. The molecule has 0 aliphatic carbocycles. The maximum atomic E-state index is 8.93. The van der Waals surface area contributed by atoms with Crippen LogP contribution in [0.4, 0.5) is 5.69 Å². The molecular formula is C17H16N4. The molecule has 0 atom stereocenters. The zero-order chi connectivity index (χ0) is 14.7. The summed E-state index contributed by atoms with van der Waals surface area (Å²) in [5, 5.41) is 18.1. The number of nitrogens with one attached hydrogen (secondary N) is 1. The second kappa shape index (κ2) is 5.68. The third-order valence-electron chi connectivity index (χ3n) is 3.49. The van der Waals surface area contributed by atoms with E-state index in [1.165, 1.54) is 5.39 Å². The molecule has 0 spiro atoms. The highest BCUT2D eigenvalue weighted by Gasteiger charge is 2.08. The molecule has 1 aromatic heterocycles. The Labute approximate surface area is 123 Å². The fraction of sp³-hybridized carbons (Fsp3) is 0.176. The van der Waals surface area contributed by atoms with Gasteiger partial charge in [0.2, 0.25) is 0 Å². The lowest BCUT2D eigenvalue weighted by Crippen LogP contribution is -2.02. The van der Waals surface area contributed by atoms with Crippen LogP contribution in [0.3, 0.4) is 0 Å². The minimum absolute atomic E-state index is 0.641. The van der Waals surface area contributed by atoms with Crippen LogP contribution in [0.1, 0.15) is 18.2 Å². The normalized spacial score (nSPS) is 10.5. The van der Waals surface area contributed by atoms with Crippen molar-refractivity contribution < 1.29 is 0 Å². The summed E-state index contributed by atoms with van der Waals surface area (Å²) in [6, 6.07) is 17.9. The average molecular weight is 276 g/mol. The van der Waals surface area contributed by atoms with Crippen molar-refractivity contribution >= 4 is 16.6 Å². The summed E-state index contributed by atoms with van der Waals surface area (Å²) < 4.78 is 2.01. The lowest BCUT2D eigenvalue weighted by atomic mass is 10.2. The van der Waals surface area contributed by atoms with E-state index in [1.54, 1.807) is 6.07 Å². The van der Waals surface area contributed by atoms with Crippen LogP contribution < -0.4 is 5.32 Å². The number of nitrogens with zero attached hydrogens (tertiary/aromatic N) is 3. The molecule has 0 unspecified atom stereocenters. The van der Waals surface area contributed by atoms with Gasteiger partial charge in [0, 0.05) is 17.6 Å². The number of anilines is 1. The van der Waals surface area contributed by atoms with Crippen molar-refractivity contribution in [2.45, 2.75) is 20.0 Å². The Morgan fingerprint density at radius 1 is 1.19 bits per heavy atom. The Hall–Kier alpha value is -2.80. The summed E-state index contributed by atoms with van der Waals surface area (Å²) in [5.41, 5.74) is 3.77. The van der Waals surface area contributed by atoms with Gasteiger partial charge in [-0.25, -0.2) is 0 Å². The van der Waals surface area contributed by atoms with Gasteiger partial charge in [0.05, 0.1) is 29.4 Å². The molecule has 0 amide bonds. The van der Waals surface area contributed by atoms with Crippen molar-refractivity contribution in [1.82, 2.24) is 9.78 Å². The summed E-state index contributed by atoms with van der Waals surface area (Å²) in [7, 11) is 0. The van der Waals surface area contributed by atoms with Gasteiger partial charge in [0.15, 0.2) is 0 Å². The van der Waals surface area contributed by atoms with Gasteiger partial charge in [0.1, 0.15) is 0 Å². The van der Waals surface area contributed by atoms with Gasteiger partial charge in [-0.2, -0.15) is 10.4 Å². The first-order valence-corrected chi connectivity index (χ1v) is 7.00. The van der Waals surface area contributed by atoms with Gasteiger partial charge in [-0.15, -0.1) is 0 Å². The fourth-order valence-electron chi connectivity index (χ4n) is 2.45. The van der Waals surface area contributed by atoms with Crippen LogP contribution >= 0.6 is 0 Å². The van der Waals surface area contributed by atoms with E-state index in [1.807, 2.05) is 35.0 Å². The fourth-order valence-corrected chi connectivity index (χ4v) is 2.45. The Morgan fingerprint density at radius 2 is 2.05 bits per heavy atom. The highest BCUT2D eigenvalue weighted by Crippen LogP contribution is 2.20. The van der Waals surface area contributed by atoms with Crippen molar-refractivity contribution in [2.24, 2.45) is 0 Å². The molecule has 1 N–H and O–H groups in total. The van der Waals surface area contributed by atoms with Crippen LogP contribution in [0.2, 0.25) is 0 Å². The third kappa shape index (κ3) is 2.59. The summed E-state index contributed by atoms with van der Waals surface area (Å²) in [6.45, 7) is 3.58. The van der Waals surface area contributed by atoms with Crippen LogP contribution in [0.25, 0.3) is 10.9 Å². The molecular weight excluding hydrogens is 260 g/mol. The number of hydrogen-bond donors (Lipinski definition) is 1. The van der Waals surface area contributed by atoms with Crippen molar-refractivity contribution in [2.75, 3.05) is 5.32 Å². The Morgan fingerprint density at radius 3 is 2.86 bits per heavy atom. The Balaban J connectivity index is 1.87. The number of nitriles is 1. The number of benzene rings is 2. The zero-order valence-electron chi connectivity index (χ0n) is 11.9. The van der Waals surface area contributed by atoms with Gasteiger partial charge in [-0.1, -0.05) is 24.3 Å². The molecule has 0 saturated carbocycles. The van der Waals surface area contributed by atoms with E-state index < -0.39 is 0 Å². The Kier molecular flexibility index (Phi) is 3.57. The first-order valence-electron chi connectivity index (χ1n) is 7.00. The van der Waals surface area contributed by atoms with Crippen LogP contribution in [0, 0.1) is 11.3 Å². The van der Waals surface area contributed by atoms with Gasteiger partial charge >= 0.3 is 0 Å². The standard InChI is InChI=1S/C17H16N4/c1-2-21-17-9-4-3-8-15(17)16(20-21)12-19-14-7-5-6-13(10-14)11-18/h3-10,19H,2,12H2,1H3. The van der Waals surface area contributed by atoms with E-state index in [0.29, 0.717) is 12.1 Å². The maximum Gasteiger partial charge on any atom is 0.0992 e. The first-order chi connectivity index (χ1) is 10.3. The van der Waals surface area contributed by atoms with E-state index in [9.17, 15) is 0 Å². The second-order valence-electron chi connectivity index (χ2n) is 4.83. The summed E-state index contributed by atoms with van der Waals surface area (Å²) in [4.78, 5) is 0. The maximum absolute atomic E-state index is 8.93. The molecule has 0 saturated heterocycles. The van der Waals surface area contributed by atoms with Crippen LogP contribution in [-0.2, 0) is 13.1 Å². The summed E-state index contributed by atoms with van der Waals surface area (Å²) in [5.74, 6) is 0. The van der Waals surface area contributed by atoms with Crippen molar-refractivity contribution in [3.63, 3.8) is 0 Å². The molecule has 104 valence electrons. The molecule has 0 radical (unpaired) electrons. The molecule has 3 rings (SSSR count). The largest absolute Gasteiger partial charge is 0.379 e. The number of para-hydroxylation sites is 1. The van der Waals surface area contributed by atoms with E-state index in [4.69, 9.17) is 5.26 Å². The van der Waals surface area contributed by atoms with Crippen molar-refractivity contribution in [1.29, 1.82) is 5.26 Å². The van der Waals surface area contributed by atoms with E-state index >= 15 is 0 Å². The van der Waals surface area contributed by atoms with Gasteiger partial charge in [-0.3, -0.25) is 4.68 Å². The zero-order valence-corrected chi connectivity index (χ0v) is 11.9. The molecule has 0 bridgehead atoms. The van der Waals surface area contributed by atoms with E-state index in [2.05, 4.69) is 35.5 Å². The molecule has 4 heteroatoms. The predicted molar refractivity (Wildman–Crippen MR) is 83.9 cm³/mol. The number of hydrogen-bond acceptors (Lipinski definition) is 3. The number of rotatable bonds is 4. The highest BCUT2D eigenvalue weighted by atomic mass is 15.3. The van der Waals surface area contributed by atoms with Gasteiger partial charge < -0.3 is 5.32 Å². The van der Waals surface area contributed by atoms with Gasteiger partial charge in [-0.05, 0) is 31.2 Å². The SMILES string of the molecule is CCn1nc(CNc2cccc(C#N)c2)c2ccccc21. The number of fused-ring (bicyclic) bond motifs is 1. The van der Waals surface area contributed by atoms with E-state index in [0.717, 1.165) is 23.4 Å². The molecule has 21 heavy (non-hydrogen) atoms.